The molecule has 150 valence electrons. The van der Waals surface area contributed by atoms with E-state index in [0.717, 1.165) is 35.6 Å². The molecule has 28 heavy (non-hydrogen) atoms. The molecule has 3 nitrogen and oxygen atoms in total. The molecule has 2 N–H and O–H groups in total. The average molecular weight is 408 g/mol. The first-order chi connectivity index (χ1) is 12.9. The maximum atomic E-state index is 12.6. The summed E-state index contributed by atoms with van der Waals surface area (Å²) in [4.78, 5) is 0. The summed E-state index contributed by atoms with van der Waals surface area (Å²) in [6, 6.07) is 10.5. The van der Waals surface area contributed by atoms with E-state index >= 15 is 0 Å². The zero-order chi connectivity index (χ0) is 20.7. The molecule has 1 aliphatic heterocycles. The number of nitrogens with one attached hydrogen (secondary N) is 2. The Hall–Kier alpha value is -2.28. The van der Waals surface area contributed by atoms with Crippen LogP contribution in [0.1, 0.15) is 45.2 Å². The van der Waals surface area contributed by atoms with E-state index < -0.39 is 11.7 Å². The van der Waals surface area contributed by atoms with Gasteiger partial charge in [-0.2, -0.15) is 13.2 Å². The van der Waals surface area contributed by atoms with Gasteiger partial charge in [0.05, 0.1) is 5.56 Å². The van der Waals surface area contributed by atoms with Crippen LogP contribution in [-0.4, -0.2) is 10.7 Å². The molecule has 0 unspecified atom stereocenters. The highest BCUT2D eigenvalue weighted by Gasteiger charge is 2.39. The van der Waals surface area contributed by atoms with Gasteiger partial charge in [-0.15, -0.1) is 0 Å². The minimum Gasteiger partial charge on any atom is -0.488 e. The summed E-state index contributed by atoms with van der Waals surface area (Å²) >= 11 is 5.30. The van der Waals surface area contributed by atoms with Crippen molar-refractivity contribution in [3.05, 3.63) is 53.6 Å². The van der Waals surface area contributed by atoms with E-state index in [0.29, 0.717) is 10.8 Å². The van der Waals surface area contributed by atoms with Gasteiger partial charge in [-0.05, 0) is 80.4 Å². The standard InChI is InChI=1S/C21H23F3N2OS/c1-19(2)12-20(3,4)27-17-10-9-15(11-16(17)19)26-18(28)25-14-7-5-13(6-8-14)21(22,23)24/h5-11H,12H2,1-4H3,(H2,25,26,28). The van der Waals surface area contributed by atoms with Crippen LogP contribution in [0, 0.1) is 0 Å². The first-order valence-electron chi connectivity index (χ1n) is 8.95. The van der Waals surface area contributed by atoms with E-state index in [9.17, 15) is 13.2 Å². The van der Waals surface area contributed by atoms with Crippen LogP contribution in [0.15, 0.2) is 42.5 Å². The molecule has 1 heterocycles. The Bertz CT molecular complexity index is 890. The molecule has 0 bridgehead atoms. The highest BCUT2D eigenvalue weighted by atomic mass is 32.1. The molecule has 7 heteroatoms. The van der Waals surface area contributed by atoms with E-state index in [-0.39, 0.29) is 11.0 Å². The topological polar surface area (TPSA) is 33.3 Å². The third-order valence-corrected chi connectivity index (χ3v) is 4.89. The van der Waals surface area contributed by atoms with Crippen molar-refractivity contribution < 1.29 is 17.9 Å². The maximum absolute atomic E-state index is 12.6. The predicted octanol–water partition coefficient (Wildman–Crippen LogP) is 6.35. The van der Waals surface area contributed by atoms with Gasteiger partial charge in [0.25, 0.3) is 0 Å². The second kappa shape index (κ2) is 6.95. The van der Waals surface area contributed by atoms with E-state index in [1.807, 2.05) is 18.2 Å². The Labute approximate surface area is 168 Å². The third-order valence-electron chi connectivity index (χ3n) is 4.69. The minimum absolute atomic E-state index is 0.0583. The number of benzene rings is 2. The second-order valence-electron chi connectivity index (χ2n) is 8.29. The number of hydrogen-bond donors (Lipinski definition) is 2. The second-order valence-corrected chi connectivity index (χ2v) is 8.70. The molecule has 2 aromatic rings. The average Bonchev–Trinajstić information content (AvgIpc) is 2.53. The summed E-state index contributed by atoms with van der Waals surface area (Å²) in [5, 5.41) is 6.29. The Morgan fingerprint density at radius 3 is 2.14 bits per heavy atom. The van der Waals surface area contributed by atoms with Gasteiger partial charge >= 0.3 is 6.18 Å². The van der Waals surface area contributed by atoms with Crippen LogP contribution in [0.25, 0.3) is 0 Å². The lowest BCUT2D eigenvalue weighted by Crippen LogP contribution is -2.41. The molecule has 0 radical (unpaired) electrons. The first kappa shape index (κ1) is 20.5. The summed E-state index contributed by atoms with van der Waals surface area (Å²) in [5.74, 6) is 0.855. The normalized spacial score (nSPS) is 17.2. The van der Waals surface area contributed by atoms with Crippen LogP contribution >= 0.6 is 12.2 Å². The molecule has 2 aromatic carbocycles. The number of alkyl halides is 3. The summed E-state index contributed by atoms with van der Waals surface area (Å²) in [6.45, 7) is 8.51. The number of rotatable bonds is 2. The molecule has 0 atom stereocenters. The molecular weight excluding hydrogens is 385 g/mol. The first-order valence-corrected chi connectivity index (χ1v) is 9.35. The summed E-state index contributed by atoms with van der Waals surface area (Å²) in [7, 11) is 0. The fourth-order valence-electron chi connectivity index (χ4n) is 3.75. The number of hydrogen-bond acceptors (Lipinski definition) is 2. The predicted molar refractivity (Wildman–Crippen MR) is 110 cm³/mol. The molecule has 1 aliphatic rings. The van der Waals surface area contributed by atoms with Crippen LogP contribution in [0.4, 0.5) is 24.5 Å². The number of thiocarbonyl (C=S) groups is 1. The molecule has 3 rings (SSSR count). The molecule has 0 aromatic heterocycles. The van der Waals surface area contributed by atoms with Gasteiger partial charge in [0, 0.05) is 16.9 Å². The van der Waals surface area contributed by atoms with Crippen molar-refractivity contribution >= 4 is 28.7 Å². The van der Waals surface area contributed by atoms with Crippen LogP contribution in [0.3, 0.4) is 0 Å². The SMILES string of the molecule is CC1(C)CC(C)(C)c2cc(NC(=S)Nc3ccc(C(F)(F)F)cc3)ccc2O1. The maximum Gasteiger partial charge on any atom is 0.416 e. The number of halogens is 3. The Balaban J connectivity index is 1.72. The largest absolute Gasteiger partial charge is 0.488 e. The Kier molecular flexibility index (Phi) is 5.08. The van der Waals surface area contributed by atoms with Gasteiger partial charge in [0.2, 0.25) is 0 Å². The number of ether oxygens (including phenoxy) is 1. The zero-order valence-corrected chi connectivity index (χ0v) is 17.0. The number of anilines is 2. The summed E-state index contributed by atoms with van der Waals surface area (Å²) in [6.07, 6.45) is -3.48. The lowest BCUT2D eigenvalue weighted by Gasteiger charge is -2.42. The van der Waals surface area contributed by atoms with Crippen molar-refractivity contribution in [2.24, 2.45) is 0 Å². The van der Waals surface area contributed by atoms with Gasteiger partial charge < -0.3 is 15.4 Å². The van der Waals surface area contributed by atoms with Crippen molar-refractivity contribution in [3.63, 3.8) is 0 Å². The monoisotopic (exact) mass is 408 g/mol. The number of fused-ring (bicyclic) bond motifs is 1. The summed E-state index contributed by atoms with van der Waals surface area (Å²) < 4.78 is 44.0. The Morgan fingerprint density at radius 1 is 0.964 bits per heavy atom. The fourth-order valence-corrected chi connectivity index (χ4v) is 3.99. The molecule has 0 aliphatic carbocycles. The molecule has 0 saturated carbocycles. The highest BCUT2D eigenvalue weighted by molar-refractivity contribution is 7.80. The lowest BCUT2D eigenvalue weighted by molar-refractivity contribution is -0.137. The van der Waals surface area contributed by atoms with Gasteiger partial charge in [-0.25, -0.2) is 0 Å². The quantitative estimate of drug-likeness (QED) is 0.567. The van der Waals surface area contributed by atoms with Crippen LogP contribution in [0.5, 0.6) is 5.75 Å². The zero-order valence-electron chi connectivity index (χ0n) is 16.2. The van der Waals surface area contributed by atoms with E-state index in [2.05, 4.69) is 38.3 Å². The van der Waals surface area contributed by atoms with Crippen molar-refractivity contribution in [2.45, 2.75) is 51.3 Å². The lowest BCUT2D eigenvalue weighted by atomic mass is 9.73. The molecule has 0 amide bonds. The van der Waals surface area contributed by atoms with Gasteiger partial charge in [0.1, 0.15) is 11.4 Å². The van der Waals surface area contributed by atoms with E-state index in [1.165, 1.54) is 12.1 Å². The van der Waals surface area contributed by atoms with Crippen molar-refractivity contribution in [2.75, 3.05) is 10.6 Å². The van der Waals surface area contributed by atoms with E-state index in [4.69, 9.17) is 17.0 Å². The van der Waals surface area contributed by atoms with Crippen molar-refractivity contribution in [1.82, 2.24) is 0 Å². The van der Waals surface area contributed by atoms with Crippen LogP contribution in [-0.2, 0) is 11.6 Å². The van der Waals surface area contributed by atoms with Crippen LogP contribution in [0.2, 0.25) is 0 Å². The molecule has 0 saturated heterocycles. The molecular formula is C21H23F3N2OS. The summed E-state index contributed by atoms with van der Waals surface area (Å²) in [5.41, 5.74) is 1.38. The minimum atomic E-state index is -4.36. The Morgan fingerprint density at radius 2 is 1.54 bits per heavy atom. The van der Waals surface area contributed by atoms with Gasteiger partial charge in [-0.3, -0.25) is 0 Å². The van der Waals surface area contributed by atoms with Crippen molar-refractivity contribution in [1.29, 1.82) is 0 Å². The molecule has 0 fully saturated rings. The van der Waals surface area contributed by atoms with Crippen molar-refractivity contribution in [3.8, 4) is 5.75 Å². The molecule has 0 spiro atoms. The highest BCUT2D eigenvalue weighted by Crippen LogP contribution is 2.45. The van der Waals surface area contributed by atoms with Crippen LogP contribution < -0.4 is 15.4 Å². The smallest absolute Gasteiger partial charge is 0.416 e. The van der Waals surface area contributed by atoms with E-state index in [1.54, 1.807) is 0 Å². The van der Waals surface area contributed by atoms with Gasteiger partial charge in [0.15, 0.2) is 5.11 Å². The third kappa shape index (κ3) is 4.58. The fraction of sp³-hybridized carbons (Fsp3) is 0.381. The van der Waals surface area contributed by atoms with Gasteiger partial charge in [-0.1, -0.05) is 13.8 Å².